The number of fused-ring (bicyclic) bond motifs is 2. The fourth-order valence-electron chi connectivity index (χ4n) is 5.59. The van der Waals surface area contributed by atoms with Crippen LogP contribution in [0.2, 0.25) is 0 Å². The lowest BCUT2D eigenvalue weighted by molar-refractivity contribution is -0.270. The number of aliphatic hydroxyl groups excluding tert-OH is 3. The molecule has 3 fully saturated rings. The molecule has 1 aromatic carbocycles. The molecule has 0 unspecified atom stereocenters. The molecule has 1 aliphatic heterocycles. The molecule has 1 saturated heterocycles. The summed E-state index contributed by atoms with van der Waals surface area (Å²) in [6.07, 6.45) is 0.919. The van der Waals surface area contributed by atoms with Gasteiger partial charge in [-0.3, -0.25) is 0 Å². The summed E-state index contributed by atoms with van der Waals surface area (Å²) in [4.78, 5) is 14.5. The van der Waals surface area contributed by atoms with E-state index in [2.05, 4.69) is 36.8 Å². The molecule has 5 N–H and O–H groups in total. The molecule has 5 rings (SSSR count). The van der Waals surface area contributed by atoms with Gasteiger partial charge in [-0.25, -0.2) is 4.79 Å². The van der Waals surface area contributed by atoms with Crippen molar-refractivity contribution in [2.75, 3.05) is 6.61 Å². The van der Waals surface area contributed by atoms with Gasteiger partial charge in [-0.2, -0.15) is 0 Å². The number of H-pyrrole nitrogens is 1. The van der Waals surface area contributed by atoms with Crippen LogP contribution in [0.3, 0.4) is 0 Å². The maximum atomic E-state index is 11.4. The average Bonchev–Trinajstić information content (AvgIpc) is 3.26. The van der Waals surface area contributed by atoms with Gasteiger partial charge in [0.15, 0.2) is 6.10 Å². The molecule has 0 amide bonds. The SMILES string of the molecule is O=C(O)[C@H]1O[C@@H](Oc2c[nH]c3cc(Br)c(OC[C@@H]4[C@@H]5CCCCCC[C@@H]54)c(Br)c23)[C@H](O)[C@@H](O)[C@@H]1O. The molecule has 8 atom stereocenters. The Kier molecular flexibility index (Phi) is 7.35. The summed E-state index contributed by atoms with van der Waals surface area (Å²) in [5.74, 6) is 1.49. The third-order valence-corrected chi connectivity index (χ3v) is 8.94. The molecular weight excluding hydrogens is 590 g/mol. The number of carbonyl (C=O) groups is 1. The van der Waals surface area contributed by atoms with Gasteiger partial charge in [0, 0.05) is 6.20 Å². The van der Waals surface area contributed by atoms with Crippen molar-refractivity contribution >= 4 is 48.7 Å². The summed E-state index contributed by atoms with van der Waals surface area (Å²) >= 11 is 7.22. The zero-order valence-corrected chi connectivity index (χ0v) is 22.1. The van der Waals surface area contributed by atoms with Crippen LogP contribution >= 0.6 is 31.9 Å². The van der Waals surface area contributed by atoms with Crippen molar-refractivity contribution < 1.29 is 39.4 Å². The van der Waals surface area contributed by atoms with E-state index < -0.39 is 36.7 Å². The average molecular weight is 619 g/mol. The highest BCUT2D eigenvalue weighted by Crippen LogP contribution is 2.54. The lowest BCUT2D eigenvalue weighted by atomic mass is 9.99. The monoisotopic (exact) mass is 617 g/mol. The first kappa shape index (κ1) is 25.3. The first-order valence-electron chi connectivity index (χ1n) is 12.0. The second-order valence-corrected chi connectivity index (χ2v) is 11.4. The summed E-state index contributed by atoms with van der Waals surface area (Å²) in [5, 5.41) is 40.3. The summed E-state index contributed by atoms with van der Waals surface area (Å²) in [5.41, 5.74) is 0.708. The van der Waals surface area contributed by atoms with Crippen LogP contribution in [-0.2, 0) is 9.53 Å². The van der Waals surface area contributed by atoms with Gasteiger partial charge in [-0.1, -0.05) is 25.7 Å². The molecule has 2 aliphatic carbocycles. The number of aromatic amines is 1. The Bertz CT molecular complexity index is 1080. The number of carboxylic acids is 1. The van der Waals surface area contributed by atoms with Gasteiger partial charge < -0.3 is 39.6 Å². The highest BCUT2D eigenvalue weighted by Gasteiger charge is 2.50. The molecule has 2 aromatic rings. The van der Waals surface area contributed by atoms with Crippen LogP contribution < -0.4 is 9.47 Å². The van der Waals surface area contributed by atoms with Crippen LogP contribution in [0.25, 0.3) is 10.9 Å². The first-order valence-corrected chi connectivity index (χ1v) is 13.6. The van der Waals surface area contributed by atoms with Gasteiger partial charge in [0.2, 0.25) is 6.29 Å². The van der Waals surface area contributed by atoms with Crippen molar-refractivity contribution in [1.82, 2.24) is 4.98 Å². The first-order chi connectivity index (χ1) is 16.8. The van der Waals surface area contributed by atoms with Gasteiger partial charge in [0.1, 0.15) is 29.8 Å². The minimum absolute atomic E-state index is 0.272. The molecule has 9 nitrogen and oxygen atoms in total. The Morgan fingerprint density at radius 1 is 1.06 bits per heavy atom. The summed E-state index contributed by atoms with van der Waals surface area (Å²) in [6.45, 7) is 0.632. The number of hydrogen-bond acceptors (Lipinski definition) is 7. The molecule has 0 bridgehead atoms. The normalized spacial score (nSPS) is 35.1. The summed E-state index contributed by atoms with van der Waals surface area (Å²) < 4.78 is 18.8. The van der Waals surface area contributed by atoms with Crippen LogP contribution in [-0.4, -0.2) is 68.7 Å². The number of aliphatic hydroxyl groups is 3. The number of carboxylic acid groups (broad SMARTS) is 1. The van der Waals surface area contributed by atoms with Crippen molar-refractivity contribution in [2.24, 2.45) is 17.8 Å². The van der Waals surface area contributed by atoms with Gasteiger partial charge in [0.05, 0.1) is 26.5 Å². The van der Waals surface area contributed by atoms with E-state index in [-0.39, 0.29) is 5.75 Å². The predicted molar refractivity (Wildman–Crippen MR) is 132 cm³/mol. The maximum absolute atomic E-state index is 11.4. The molecule has 35 heavy (non-hydrogen) atoms. The minimum atomic E-state index is -1.78. The van der Waals surface area contributed by atoms with Crippen LogP contribution in [0.5, 0.6) is 11.5 Å². The number of nitrogens with one attached hydrogen (secondary N) is 1. The number of benzene rings is 1. The topological polar surface area (TPSA) is 141 Å². The van der Waals surface area contributed by atoms with E-state index in [4.69, 9.17) is 14.2 Å². The summed E-state index contributed by atoms with van der Waals surface area (Å²) in [7, 11) is 0. The molecule has 2 heterocycles. The van der Waals surface area contributed by atoms with Gasteiger partial charge in [-0.15, -0.1) is 0 Å². The molecule has 0 radical (unpaired) electrons. The Balaban J connectivity index is 1.35. The summed E-state index contributed by atoms with van der Waals surface area (Å²) in [6, 6.07) is 1.86. The van der Waals surface area contributed by atoms with Crippen LogP contribution in [0.1, 0.15) is 38.5 Å². The van der Waals surface area contributed by atoms with Crippen LogP contribution in [0, 0.1) is 17.8 Å². The molecule has 11 heteroatoms. The highest BCUT2D eigenvalue weighted by atomic mass is 79.9. The zero-order valence-electron chi connectivity index (χ0n) is 18.9. The van der Waals surface area contributed by atoms with E-state index in [0.717, 1.165) is 16.3 Å². The van der Waals surface area contributed by atoms with E-state index in [9.17, 15) is 25.2 Å². The predicted octanol–water partition coefficient (Wildman–Crippen LogP) is 3.56. The fraction of sp³-hybridized carbons (Fsp3) is 0.625. The van der Waals surface area contributed by atoms with Gasteiger partial charge >= 0.3 is 5.97 Å². The largest absolute Gasteiger partial charge is 0.491 e. The van der Waals surface area contributed by atoms with Gasteiger partial charge in [-0.05, 0) is 68.5 Å². The van der Waals surface area contributed by atoms with E-state index in [1.54, 1.807) is 6.20 Å². The third-order valence-electron chi connectivity index (χ3n) is 7.59. The Morgan fingerprint density at radius 2 is 1.74 bits per heavy atom. The molecule has 2 saturated carbocycles. The Morgan fingerprint density at radius 3 is 2.40 bits per heavy atom. The Labute approximate surface area is 219 Å². The molecule has 192 valence electrons. The highest BCUT2D eigenvalue weighted by molar-refractivity contribution is 9.11. The molecular formula is C24H29Br2NO8. The van der Waals surface area contributed by atoms with Crippen molar-refractivity contribution in [3.05, 3.63) is 21.2 Å². The number of halogens is 2. The van der Waals surface area contributed by atoms with Crippen molar-refractivity contribution in [3.63, 3.8) is 0 Å². The minimum Gasteiger partial charge on any atom is -0.491 e. The smallest absolute Gasteiger partial charge is 0.335 e. The fourth-order valence-corrected chi connectivity index (χ4v) is 7.14. The second-order valence-electron chi connectivity index (χ2n) is 9.72. The standard InChI is InChI=1S/C24H29Br2NO8/c25-13-7-14-16(17(26)21(13)33-9-12-10-5-3-1-2-4-6-11(10)12)15(8-27-14)34-24-20(30)18(28)19(29)22(35-24)23(31)32/h7-8,10-12,18-20,22,24,27-30H,1-6,9H2,(H,31,32)/t10-,11+,12-,18-,19-,20+,22-,24+/m0/s1. The van der Waals surface area contributed by atoms with Crippen molar-refractivity contribution in [1.29, 1.82) is 0 Å². The van der Waals surface area contributed by atoms with E-state index in [0.29, 0.717) is 33.6 Å². The zero-order chi connectivity index (χ0) is 24.9. The number of rotatable bonds is 6. The van der Waals surface area contributed by atoms with E-state index >= 15 is 0 Å². The molecule has 0 spiro atoms. The molecule has 3 aliphatic rings. The van der Waals surface area contributed by atoms with Crippen molar-refractivity contribution in [2.45, 2.75) is 69.2 Å². The van der Waals surface area contributed by atoms with E-state index in [1.165, 1.54) is 38.5 Å². The van der Waals surface area contributed by atoms with Crippen LogP contribution in [0.4, 0.5) is 0 Å². The lowest BCUT2D eigenvalue weighted by Crippen LogP contribution is -2.61. The number of aromatic nitrogens is 1. The number of ether oxygens (including phenoxy) is 3. The molecule has 1 aromatic heterocycles. The number of aliphatic carboxylic acids is 1. The van der Waals surface area contributed by atoms with Gasteiger partial charge in [0.25, 0.3) is 0 Å². The van der Waals surface area contributed by atoms with E-state index in [1.807, 2.05) is 6.07 Å². The maximum Gasteiger partial charge on any atom is 0.335 e. The lowest BCUT2D eigenvalue weighted by Gasteiger charge is -2.38. The number of hydrogen-bond donors (Lipinski definition) is 5. The quantitative estimate of drug-likeness (QED) is 0.331. The van der Waals surface area contributed by atoms with Crippen molar-refractivity contribution in [3.8, 4) is 11.5 Å². The van der Waals surface area contributed by atoms with Crippen LogP contribution in [0.15, 0.2) is 21.2 Å². The third kappa shape index (κ3) is 4.83. The Hall–Kier alpha value is -1.37. The second kappa shape index (κ2) is 10.2.